The number of aromatic nitrogens is 2. The molecule has 0 radical (unpaired) electrons. The predicted molar refractivity (Wildman–Crippen MR) is 111 cm³/mol. The van der Waals surface area contributed by atoms with Gasteiger partial charge in [0.15, 0.2) is 0 Å². The number of hydrogen-bond donors (Lipinski definition) is 2. The Labute approximate surface area is 170 Å². The van der Waals surface area contributed by atoms with Gasteiger partial charge in [-0.2, -0.15) is 5.10 Å². The number of hydrogen-bond acceptors (Lipinski definition) is 4. The lowest BCUT2D eigenvalue weighted by Crippen LogP contribution is -2.30. The topological polar surface area (TPSA) is 93.1 Å². The average Bonchev–Trinajstić information content (AvgIpc) is 3.01. The van der Waals surface area contributed by atoms with Crippen LogP contribution in [0.3, 0.4) is 0 Å². The molecule has 0 bridgehead atoms. The van der Waals surface area contributed by atoms with E-state index in [0.29, 0.717) is 6.54 Å². The standard InChI is InChI=1S/C21H24N4O3S/c1-16-20(17(2)25(24-16)18-9-5-3-6-10-18)15-22-21(26)13-14-23-29(27,28)19-11-7-4-8-12-19/h3-12,23H,13-15H2,1-2H3,(H,22,26). The molecule has 1 heterocycles. The molecular weight excluding hydrogens is 388 g/mol. The second kappa shape index (κ2) is 9.02. The highest BCUT2D eigenvalue weighted by Crippen LogP contribution is 2.17. The molecule has 0 saturated heterocycles. The molecule has 1 amide bonds. The number of aryl methyl sites for hydroxylation is 1. The van der Waals surface area contributed by atoms with Crippen LogP contribution < -0.4 is 10.0 Å². The van der Waals surface area contributed by atoms with Gasteiger partial charge in [0.05, 0.1) is 16.3 Å². The van der Waals surface area contributed by atoms with Crippen LogP contribution in [0, 0.1) is 13.8 Å². The lowest BCUT2D eigenvalue weighted by Gasteiger charge is -2.08. The van der Waals surface area contributed by atoms with Crippen molar-refractivity contribution in [2.45, 2.75) is 31.7 Å². The Bertz CT molecular complexity index is 1080. The maximum atomic E-state index is 12.2. The van der Waals surface area contributed by atoms with Crippen molar-refractivity contribution in [3.05, 3.63) is 77.6 Å². The Hall–Kier alpha value is -2.97. The van der Waals surface area contributed by atoms with Gasteiger partial charge in [-0.3, -0.25) is 4.79 Å². The molecule has 0 saturated carbocycles. The SMILES string of the molecule is Cc1nn(-c2ccccc2)c(C)c1CNC(=O)CCNS(=O)(=O)c1ccccc1. The highest BCUT2D eigenvalue weighted by Gasteiger charge is 2.15. The van der Waals surface area contributed by atoms with E-state index in [0.717, 1.165) is 22.6 Å². The second-order valence-corrected chi connectivity index (χ2v) is 8.40. The van der Waals surface area contributed by atoms with Crippen LogP contribution >= 0.6 is 0 Å². The van der Waals surface area contributed by atoms with E-state index in [1.807, 2.05) is 48.9 Å². The summed E-state index contributed by atoms with van der Waals surface area (Å²) in [6.07, 6.45) is 0.0526. The summed E-state index contributed by atoms with van der Waals surface area (Å²) in [5, 5.41) is 7.40. The molecule has 0 aliphatic carbocycles. The van der Waals surface area contributed by atoms with Gasteiger partial charge >= 0.3 is 0 Å². The molecule has 3 rings (SSSR count). The van der Waals surface area contributed by atoms with Crippen molar-refractivity contribution in [3.63, 3.8) is 0 Å². The van der Waals surface area contributed by atoms with Crippen molar-refractivity contribution >= 4 is 15.9 Å². The molecule has 8 heteroatoms. The maximum absolute atomic E-state index is 12.2. The molecule has 0 aliphatic heterocycles. The Balaban J connectivity index is 1.54. The minimum Gasteiger partial charge on any atom is -0.352 e. The summed E-state index contributed by atoms with van der Waals surface area (Å²) < 4.78 is 28.6. The van der Waals surface area contributed by atoms with Crippen molar-refractivity contribution in [3.8, 4) is 5.69 Å². The molecule has 0 aliphatic rings. The highest BCUT2D eigenvalue weighted by molar-refractivity contribution is 7.89. The molecule has 3 aromatic rings. The molecule has 2 N–H and O–H groups in total. The fourth-order valence-corrected chi connectivity index (χ4v) is 4.06. The number of carbonyl (C=O) groups excluding carboxylic acids is 1. The molecule has 0 fully saturated rings. The molecule has 7 nitrogen and oxygen atoms in total. The zero-order valence-corrected chi connectivity index (χ0v) is 17.2. The molecule has 0 atom stereocenters. The van der Waals surface area contributed by atoms with Crippen LogP contribution in [0.1, 0.15) is 23.4 Å². The van der Waals surface area contributed by atoms with Crippen LogP contribution in [0.15, 0.2) is 65.6 Å². The number of amides is 1. The van der Waals surface area contributed by atoms with Gasteiger partial charge in [-0.05, 0) is 38.1 Å². The van der Waals surface area contributed by atoms with E-state index in [2.05, 4.69) is 15.1 Å². The van der Waals surface area contributed by atoms with Gasteiger partial charge in [0.2, 0.25) is 15.9 Å². The van der Waals surface area contributed by atoms with Gasteiger partial charge in [-0.15, -0.1) is 0 Å². The number of nitrogens with one attached hydrogen (secondary N) is 2. The third kappa shape index (κ3) is 5.10. The van der Waals surface area contributed by atoms with E-state index in [9.17, 15) is 13.2 Å². The summed E-state index contributed by atoms with van der Waals surface area (Å²) in [6, 6.07) is 17.9. The predicted octanol–water partition coefficient (Wildman–Crippen LogP) is 2.47. The van der Waals surface area contributed by atoms with Crippen LogP contribution in [0.5, 0.6) is 0 Å². The number of rotatable bonds is 8. The van der Waals surface area contributed by atoms with E-state index >= 15 is 0 Å². The van der Waals surface area contributed by atoms with Gasteiger partial charge in [-0.1, -0.05) is 36.4 Å². The van der Waals surface area contributed by atoms with Crippen molar-refractivity contribution in [2.24, 2.45) is 0 Å². The van der Waals surface area contributed by atoms with Crippen LogP contribution in [0.25, 0.3) is 5.69 Å². The average molecular weight is 413 g/mol. The summed E-state index contributed by atoms with van der Waals surface area (Å²) >= 11 is 0. The minimum atomic E-state index is -3.61. The summed E-state index contributed by atoms with van der Waals surface area (Å²) in [5.74, 6) is -0.230. The number of carbonyl (C=O) groups is 1. The van der Waals surface area contributed by atoms with Gasteiger partial charge in [0.1, 0.15) is 0 Å². The largest absolute Gasteiger partial charge is 0.352 e. The summed E-state index contributed by atoms with van der Waals surface area (Å²) in [6.45, 7) is 4.24. The molecule has 0 spiro atoms. The number of benzene rings is 2. The molecular formula is C21H24N4O3S. The summed E-state index contributed by atoms with van der Waals surface area (Å²) in [5.41, 5.74) is 3.71. The molecule has 29 heavy (non-hydrogen) atoms. The number of nitrogens with zero attached hydrogens (tertiary/aromatic N) is 2. The fraction of sp³-hybridized carbons (Fsp3) is 0.238. The Kier molecular flexibility index (Phi) is 6.46. The van der Waals surface area contributed by atoms with Crippen LogP contribution in [0.2, 0.25) is 0 Å². The first-order chi connectivity index (χ1) is 13.9. The summed E-state index contributed by atoms with van der Waals surface area (Å²) in [4.78, 5) is 12.3. The van der Waals surface area contributed by atoms with E-state index in [1.54, 1.807) is 18.2 Å². The molecule has 2 aromatic carbocycles. The van der Waals surface area contributed by atoms with Crippen molar-refractivity contribution < 1.29 is 13.2 Å². The molecule has 0 unspecified atom stereocenters. The highest BCUT2D eigenvalue weighted by atomic mass is 32.2. The number of para-hydroxylation sites is 1. The van der Waals surface area contributed by atoms with Crippen LogP contribution in [0.4, 0.5) is 0 Å². The normalized spacial score (nSPS) is 11.4. The first-order valence-electron chi connectivity index (χ1n) is 9.30. The smallest absolute Gasteiger partial charge is 0.240 e. The molecule has 1 aromatic heterocycles. The van der Waals surface area contributed by atoms with E-state index in [1.165, 1.54) is 12.1 Å². The monoisotopic (exact) mass is 412 g/mol. The third-order valence-corrected chi connectivity index (χ3v) is 6.08. The Morgan fingerprint density at radius 2 is 1.62 bits per heavy atom. The Morgan fingerprint density at radius 1 is 1.00 bits per heavy atom. The van der Waals surface area contributed by atoms with E-state index < -0.39 is 10.0 Å². The van der Waals surface area contributed by atoms with Gasteiger partial charge in [0, 0.05) is 30.8 Å². The minimum absolute atomic E-state index is 0.0320. The van der Waals surface area contributed by atoms with Crippen LogP contribution in [-0.4, -0.2) is 30.7 Å². The quantitative estimate of drug-likeness (QED) is 0.594. The number of sulfonamides is 1. The third-order valence-electron chi connectivity index (χ3n) is 4.60. The fourth-order valence-electron chi connectivity index (χ4n) is 3.01. The Morgan fingerprint density at radius 3 is 2.28 bits per heavy atom. The lowest BCUT2D eigenvalue weighted by atomic mass is 10.2. The van der Waals surface area contributed by atoms with E-state index in [4.69, 9.17) is 0 Å². The zero-order valence-electron chi connectivity index (χ0n) is 16.4. The van der Waals surface area contributed by atoms with E-state index in [-0.39, 0.29) is 23.8 Å². The zero-order chi connectivity index (χ0) is 20.9. The van der Waals surface area contributed by atoms with Gasteiger partial charge in [-0.25, -0.2) is 17.8 Å². The molecule has 152 valence electrons. The van der Waals surface area contributed by atoms with Crippen molar-refractivity contribution in [2.75, 3.05) is 6.54 Å². The summed E-state index contributed by atoms with van der Waals surface area (Å²) in [7, 11) is -3.61. The second-order valence-electron chi connectivity index (χ2n) is 6.63. The van der Waals surface area contributed by atoms with Gasteiger partial charge < -0.3 is 5.32 Å². The maximum Gasteiger partial charge on any atom is 0.240 e. The first-order valence-corrected chi connectivity index (χ1v) is 10.8. The van der Waals surface area contributed by atoms with Gasteiger partial charge in [0.25, 0.3) is 0 Å². The van der Waals surface area contributed by atoms with Crippen LogP contribution in [-0.2, 0) is 21.4 Å². The van der Waals surface area contributed by atoms with Crippen molar-refractivity contribution in [1.82, 2.24) is 19.8 Å². The van der Waals surface area contributed by atoms with Crippen molar-refractivity contribution in [1.29, 1.82) is 0 Å². The first kappa shape index (κ1) is 20.8. The lowest BCUT2D eigenvalue weighted by molar-refractivity contribution is -0.121.